The lowest BCUT2D eigenvalue weighted by Crippen LogP contribution is -2.54. The smallest absolute Gasteiger partial charge is 0.349 e. The van der Waals surface area contributed by atoms with Gasteiger partial charge in [0.15, 0.2) is 0 Å². The lowest BCUT2D eigenvalue weighted by atomic mass is 9.80. The highest BCUT2D eigenvalue weighted by atomic mass is 35.5. The molecule has 22 heteroatoms. The largest absolute Gasteiger partial charge is 0.462 e. The fraction of sp³-hybridized carbons (Fsp3) is 0.391. The van der Waals surface area contributed by atoms with E-state index in [1.807, 2.05) is 97.1 Å². The first-order valence-electron chi connectivity index (χ1n) is 38.9. The zero-order chi connectivity index (χ0) is 81.6. The topological polar surface area (TPSA) is 235 Å². The summed E-state index contributed by atoms with van der Waals surface area (Å²) < 4.78 is 63.0. The highest BCUT2D eigenvalue weighted by Gasteiger charge is 2.50. The number of carbonyl (C=O) groups is 8. The molecular formula is C92H96Cl2N2O18. The van der Waals surface area contributed by atoms with Crippen LogP contribution >= 0.6 is 23.2 Å². The van der Waals surface area contributed by atoms with E-state index >= 15 is 28.8 Å². The number of imide groups is 2. The van der Waals surface area contributed by atoms with Gasteiger partial charge in [0.1, 0.15) is 94.6 Å². The molecule has 114 heavy (non-hydrogen) atoms. The Kier molecular flexibility index (Phi) is 23.5. The summed E-state index contributed by atoms with van der Waals surface area (Å²) in [4.78, 5) is 123. The number of benzene rings is 9. The Balaban J connectivity index is 1.11. The van der Waals surface area contributed by atoms with Crippen LogP contribution in [0.5, 0.6) is 46.0 Å². The van der Waals surface area contributed by atoms with Gasteiger partial charge in [-0.3, -0.25) is 29.0 Å². The fourth-order valence-corrected chi connectivity index (χ4v) is 16.0. The lowest BCUT2D eigenvalue weighted by molar-refractivity contribution is -0.153. The second kappa shape index (κ2) is 32.8. The minimum absolute atomic E-state index is 0.0217. The van der Waals surface area contributed by atoms with Gasteiger partial charge in [-0.15, -0.1) is 0 Å². The number of fused-ring (bicyclic) bond motifs is 2. The van der Waals surface area contributed by atoms with Gasteiger partial charge in [0.05, 0.1) is 48.7 Å². The van der Waals surface area contributed by atoms with Gasteiger partial charge >= 0.3 is 23.9 Å². The van der Waals surface area contributed by atoms with Crippen molar-refractivity contribution in [1.29, 1.82) is 0 Å². The van der Waals surface area contributed by atoms with E-state index in [4.69, 9.17) is 70.6 Å². The molecule has 2 atom stereocenters. The maximum absolute atomic E-state index is 16.6. The van der Waals surface area contributed by atoms with Crippen molar-refractivity contribution in [3.63, 3.8) is 0 Å². The summed E-state index contributed by atoms with van der Waals surface area (Å²) in [5, 5.41) is 1.29. The number of hydrogen-bond donors (Lipinski definition) is 0. The monoisotopic (exact) mass is 1590 g/mol. The van der Waals surface area contributed by atoms with Gasteiger partial charge < -0.3 is 47.4 Å². The van der Waals surface area contributed by atoms with E-state index in [9.17, 15) is 9.59 Å². The summed E-state index contributed by atoms with van der Waals surface area (Å²) in [6, 6.07) is 33.7. The molecule has 2 unspecified atom stereocenters. The van der Waals surface area contributed by atoms with Crippen LogP contribution in [0.25, 0.3) is 43.1 Å². The Morgan fingerprint density at radius 2 is 0.579 bits per heavy atom. The van der Waals surface area contributed by atoms with E-state index in [1.54, 1.807) is 24.3 Å². The second-order valence-electron chi connectivity index (χ2n) is 33.8. The van der Waals surface area contributed by atoms with Gasteiger partial charge in [-0.25, -0.2) is 19.2 Å². The van der Waals surface area contributed by atoms with Crippen molar-refractivity contribution in [2.45, 2.75) is 168 Å². The number of rotatable bonds is 28. The normalized spacial score (nSPS) is 15.5. The number of ether oxygens (including phenoxy) is 10. The molecule has 2 heterocycles. The van der Waals surface area contributed by atoms with Crippen LogP contribution in [-0.4, -0.2) is 122 Å². The highest BCUT2D eigenvalue weighted by molar-refractivity contribution is 6.45. The first kappa shape index (κ1) is 81.6. The molecular weight excluding hydrogens is 1490 g/mol. The van der Waals surface area contributed by atoms with Crippen molar-refractivity contribution >= 4 is 114 Å². The molecule has 0 N–H and O–H groups in total. The van der Waals surface area contributed by atoms with E-state index in [2.05, 4.69) is 96.2 Å². The fourth-order valence-electron chi connectivity index (χ4n) is 15.9. The third kappa shape index (κ3) is 16.8. The van der Waals surface area contributed by atoms with Crippen molar-refractivity contribution in [3.05, 3.63) is 189 Å². The number of amides is 4. The molecule has 2 aliphatic carbocycles. The predicted molar refractivity (Wildman–Crippen MR) is 436 cm³/mol. The van der Waals surface area contributed by atoms with Gasteiger partial charge in [-0.05, 0) is 154 Å². The quantitative estimate of drug-likeness (QED) is 0.00843. The lowest BCUT2D eigenvalue weighted by Gasteiger charge is -2.37. The van der Waals surface area contributed by atoms with E-state index in [1.165, 1.54) is 0 Å². The molecule has 596 valence electrons. The maximum atomic E-state index is 16.6. The number of esters is 4. The van der Waals surface area contributed by atoms with Crippen molar-refractivity contribution in [2.24, 2.45) is 11.8 Å². The number of halogens is 2. The van der Waals surface area contributed by atoms with Crippen LogP contribution in [0.3, 0.4) is 0 Å². The maximum Gasteiger partial charge on any atom is 0.349 e. The predicted octanol–water partition coefficient (Wildman–Crippen LogP) is 20.1. The SMILES string of the molecule is C=C(Cl)C(=O)OCCOCCOC(=O)C(C1CCCC1)N1C(=O)c2cc(Oc3ccc(C(C)(C)C)cc3)c3c4c(Oc5ccc(C(C)(C)C)cc5)cc5c6c(cc(Oc7ccc(C(C)(C)C)cc7)c(c7c(Oc8ccc(C(C)(C)C)cc8)cc(c2c37)C1=O)c64)C(=O)N(C(C(=O)OCCOCCOC(=O)C(=C)Cl)C1CCCC1)C5=O. The minimum Gasteiger partial charge on any atom is -0.462 e. The van der Waals surface area contributed by atoms with Gasteiger partial charge in [0.2, 0.25) is 0 Å². The summed E-state index contributed by atoms with van der Waals surface area (Å²) >= 11 is 11.4. The molecule has 2 saturated carbocycles. The molecule has 0 radical (unpaired) electrons. The first-order valence-corrected chi connectivity index (χ1v) is 39.6. The van der Waals surface area contributed by atoms with E-state index in [-0.39, 0.29) is 173 Å². The molecule has 2 aliphatic heterocycles. The minimum atomic E-state index is -1.44. The van der Waals surface area contributed by atoms with Crippen LogP contribution in [0.1, 0.15) is 198 Å². The number of carbonyl (C=O) groups excluding carboxylic acids is 8. The molecule has 9 aromatic rings. The molecule has 0 saturated heterocycles. The molecule has 20 nitrogen and oxygen atoms in total. The van der Waals surface area contributed by atoms with Gasteiger partial charge in [-0.1, -0.05) is 194 Å². The van der Waals surface area contributed by atoms with Crippen LogP contribution in [-0.2, 0) is 69.3 Å². The first-order chi connectivity index (χ1) is 54.1. The summed E-state index contributed by atoms with van der Waals surface area (Å²) in [7, 11) is 0. The van der Waals surface area contributed by atoms with Gasteiger partial charge in [-0.2, -0.15) is 0 Å². The zero-order valence-electron chi connectivity index (χ0n) is 66.6. The van der Waals surface area contributed by atoms with Crippen molar-refractivity contribution in [1.82, 2.24) is 9.80 Å². The van der Waals surface area contributed by atoms with Crippen molar-refractivity contribution in [2.75, 3.05) is 52.9 Å². The Bertz CT molecular complexity index is 4710. The van der Waals surface area contributed by atoms with Crippen LogP contribution < -0.4 is 18.9 Å². The molecule has 2 fully saturated rings. The van der Waals surface area contributed by atoms with E-state index in [0.717, 1.165) is 32.1 Å². The van der Waals surface area contributed by atoms with Crippen LogP contribution in [0, 0.1) is 11.8 Å². The standard InChI is InChI=1S/C92H96Cl2N2O18/c1-51(93)85(101)107-43-39-105-41-45-109-87(103)79(53-19-15-16-20-53)95-81(97)63-47-67(111-59-31-23-55(24-32-59)89(3,4)5)73-75-69(113-61-35-27-57(28-36-61)91(9,10)11)49-65-72-66(84(100)96(83(65)99)80(54-21-17-18-22-54)88(104)110-46-42-106-40-44-108-86(102)52(2)94)50-70(114-62-37-29-58(30-38-62)92(12,13)14)76(78(72)75)74-68(48-64(82(95)98)71(63)77(73)74)112-60-33-25-56(26-34-60)90(6,7)8/h23-38,47-50,53-54,79-80H,1-2,15-22,39-46H2,3-14H3. The van der Waals surface area contributed by atoms with E-state index in [0.29, 0.717) is 74.4 Å². The summed E-state index contributed by atoms with van der Waals surface area (Å²) in [6.07, 6.45) is 4.76. The molecule has 9 aromatic carbocycles. The van der Waals surface area contributed by atoms with Crippen LogP contribution in [0.2, 0.25) is 0 Å². The Labute approximate surface area is 673 Å². The Hall–Kier alpha value is -10.4. The van der Waals surface area contributed by atoms with Crippen LogP contribution in [0.4, 0.5) is 0 Å². The van der Waals surface area contributed by atoms with Gasteiger partial charge in [0.25, 0.3) is 23.6 Å². The number of hydrogen-bond acceptors (Lipinski definition) is 18. The van der Waals surface area contributed by atoms with E-state index < -0.39 is 71.4 Å². The molecule has 13 rings (SSSR count). The zero-order valence-corrected chi connectivity index (χ0v) is 68.1. The molecule has 0 spiro atoms. The Morgan fingerprint density at radius 1 is 0.351 bits per heavy atom. The average molecular weight is 1590 g/mol. The summed E-state index contributed by atoms with van der Waals surface area (Å²) in [6.45, 7) is 30.6. The number of nitrogens with zero attached hydrogens (tertiary/aromatic N) is 2. The third-order valence-corrected chi connectivity index (χ3v) is 22.1. The summed E-state index contributed by atoms with van der Waals surface area (Å²) in [5.41, 5.74) is 2.71. The van der Waals surface area contributed by atoms with Crippen molar-refractivity contribution < 1.29 is 85.7 Å². The van der Waals surface area contributed by atoms with Crippen LogP contribution in [0.15, 0.2) is 145 Å². The molecule has 4 aliphatic rings. The average Bonchev–Trinajstić information content (AvgIpc) is 0.702. The van der Waals surface area contributed by atoms with Gasteiger partial charge in [0, 0.05) is 43.1 Å². The third-order valence-electron chi connectivity index (χ3n) is 21.8. The molecule has 0 bridgehead atoms. The molecule has 0 aromatic heterocycles. The van der Waals surface area contributed by atoms with Crippen molar-refractivity contribution in [3.8, 4) is 46.0 Å². The molecule has 4 amide bonds. The Morgan fingerprint density at radius 3 is 0.798 bits per heavy atom. The highest BCUT2D eigenvalue weighted by Crippen LogP contribution is 2.59. The second-order valence-corrected chi connectivity index (χ2v) is 34.7. The summed E-state index contributed by atoms with van der Waals surface area (Å²) in [5.74, 6) is -6.08.